The van der Waals surface area contributed by atoms with E-state index in [0.29, 0.717) is 47.2 Å². The molecule has 1 saturated carbocycles. The van der Waals surface area contributed by atoms with E-state index in [1.807, 2.05) is 49.7 Å². The first-order valence-electron chi connectivity index (χ1n) is 17.1. The summed E-state index contributed by atoms with van der Waals surface area (Å²) >= 11 is 0. The molecule has 1 fully saturated rings. The summed E-state index contributed by atoms with van der Waals surface area (Å²) in [6.07, 6.45) is 12.8. The summed E-state index contributed by atoms with van der Waals surface area (Å²) in [7, 11) is 3.44. The van der Waals surface area contributed by atoms with Gasteiger partial charge in [-0.15, -0.1) is 0 Å². The normalized spacial score (nSPS) is 22.6. The first-order valence-corrected chi connectivity index (χ1v) is 17.1. The van der Waals surface area contributed by atoms with Crippen LogP contribution < -0.4 is 15.8 Å². The van der Waals surface area contributed by atoms with Gasteiger partial charge in [-0.05, 0) is 92.9 Å². The van der Waals surface area contributed by atoms with E-state index in [4.69, 9.17) is 10.5 Å². The molecule has 2 aliphatic carbocycles. The fourth-order valence-corrected chi connectivity index (χ4v) is 7.90. The van der Waals surface area contributed by atoms with Crippen LogP contribution in [0.1, 0.15) is 85.2 Å². The third-order valence-electron chi connectivity index (χ3n) is 10.4. The molecule has 0 spiro atoms. The van der Waals surface area contributed by atoms with E-state index in [0.717, 1.165) is 30.6 Å². The van der Waals surface area contributed by atoms with Gasteiger partial charge in [-0.3, -0.25) is 9.59 Å². The molecule has 5 rings (SSSR count). The molecule has 5 atom stereocenters. The zero-order valence-electron chi connectivity index (χ0n) is 28.1. The van der Waals surface area contributed by atoms with Gasteiger partial charge in [0.2, 0.25) is 0 Å². The number of ether oxygens (including phenoxy) is 1. The van der Waals surface area contributed by atoms with E-state index in [1.54, 1.807) is 12.3 Å². The topological polar surface area (TPSA) is 171 Å². The molecule has 10 heteroatoms. The Morgan fingerprint density at radius 2 is 1.96 bits per heavy atom. The minimum absolute atomic E-state index is 0.0553. The Labute approximate surface area is 282 Å². The van der Waals surface area contributed by atoms with Crippen molar-refractivity contribution in [1.29, 1.82) is 0 Å². The molecular formula is C38H50N4O6. The Bertz CT molecular complexity index is 1590. The number of nitrogens with one attached hydrogen (secondary N) is 2. The van der Waals surface area contributed by atoms with Gasteiger partial charge in [0.25, 0.3) is 0 Å². The number of aromatic amines is 1. The van der Waals surface area contributed by atoms with E-state index in [-0.39, 0.29) is 37.4 Å². The number of benzene rings is 1. The number of anilines is 1. The van der Waals surface area contributed by atoms with Crippen LogP contribution in [0, 0.1) is 17.3 Å². The number of Topliss-reactive ketones (excluding diaryl/α,β-unsaturated/α-hetero) is 2. The largest absolute Gasteiger partial charge is 0.504 e. The number of phenolic OH excluding ortho intramolecular Hbond substituents is 1. The van der Waals surface area contributed by atoms with E-state index in [9.17, 15) is 24.9 Å². The number of hydrogen-bond donors (Lipinski definition) is 6. The molecule has 0 radical (unpaired) electrons. The maximum absolute atomic E-state index is 13.0. The Kier molecular flexibility index (Phi) is 11.7. The molecule has 10 nitrogen and oxygen atoms in total. The van der Waals surface area contributed by atoms with E-state index < -0.39 is 29.0 Å². The number of phenols is 1. The molecule has 0 amide bonds. The van der Waals surface area contributed by atoms with Crippen molar-refractivity contribution < 1.29 is 29.6 Å². The number of aryl methyl sites for hydroxylation is 1. The van der Waals surface area contributed by atoms with Crippen molar-refractivity contribution in [3.8, 4) is 11.5 Å². The number of ketones is 2. The van der Waals surface area contributed by atoms with Gasteiger partial charge in [0, 0.05) is 53.4 Å². The van der Waals surface area contributed by atoms with Crippen molar-refractivity contribution >= 4 is 23.5 Å². The second-order valence-electron chi connectivity index (χ2n) is 13.6. The van der Waals surface area contributed by atoms with Crippen LogP contribution in [-0.2, 0) is 22.4 Å². The van der Waals surface area contributed by atoms with Crippen LogP contribution in [0.4, 0.5) is 5.82 Å². The zero-order chi connectivity index (χ0) is 34.3. The van der Waals surface area contributed by atoms with Crippen LogP contribution in [0.15, 0.2) is 48.8 Å². The Morgan fingerprint density at radius 3 is 2.69 bits per heavy atom. The number of rotatable bonds is 16. The number of methoxy groups -OCH3 is 1. The van der Waals surface area contributed by atoms with Crippen molar-refractivity contribution in [2.24, 2.45) is 17.3 Å². The highest BCUT2D eigenvalue weighted by atomic mass is 16.5. The van der Waals surface area contributed by atoms with E-state index in [2.05, 4.69) is 15.3 Å². The second kappa shape index (κ2) is 15.9. The molecular weight excluding hydrogens is 608 g/mol. The van der Waals surface area contributed by atoms with Crippen LogP contribution >= 0.6 is 0 Å². The number of nitrogens with zero attached hydrogens (tertiary/aromatic N) is 1. The molecule has 7 N–H and O–H groups in total. The summed E-state index contributed by atoms with van der Waals surface area (Å²) in [6, 6.07) is 9.17. The van der Waals surface area contributed by atoms with Crippen LogP contribution in [0.2, 0.25) is 0 Å². The standard InChI is InChI=1S/C38H50N4O6/c1-40-22-26-8-3-6-24(18-26)7-4-10-31(44)36(47)32(45)12-11-25-19-30(35(46)33(20-25)48-2)34-28-14-17-42-37(39)29(28)13-15-38(34,23-43)21-27-9-5-16-41-27/h5,9,13-17,19-20,24,26,34,36,40-41,43,46-47H,3-4,6-8,10-12,18,21-23H2,1-2H3,(H2,39,42). The first-order chi connectivity index (χ1) is 23.2. The number of aromatic hydroxyl groups is 1. The summed E-state index contributed by atoms with van der Waals surface area (Å²) < 4.78 is 5.58. The predicted octanol–water partition coefficient (Wildman–Crippen LogP) is 4.71. The third-order valence-corrected chi connectivity index (χ3v) is 10.4. The molecule has 0 saturated heterocycles. The Morgan fingerprint density at radius 1 is 1.17 bits per heavy atom. The van der Waals surface area contributed by atoms with Crippen LogP contribution in [0.25, 0.3) is 6.08 Å². The Balaban J connectivity index is 1.32. The number of fused-ring (bicyclic) bond motifs is 1. The summed E-state index contributed by atoms with van der Waals surface area (Å²) in [5.41, 5.74) is 9.02. The molecule has 2 heterocycles. The van der Waals surface area contributed by atoms with Gasteiger partial charge >= 0.3 is 0 Å². The lowest BCUT2D eigenvalue weighted by atomic mass is 9.63. The molecule has 48 heavy (non-hydrogen) atoms. The van der Waals surface area contributed by atoms with Gasteiger partial charge < -0.3 is 36.1 Å². The third kappa shape index (κ3) is 7.83. The number of carbonyl (C=O) groups is 2. The highest BCUT2D eigenvalue weighted by molar-refractivity contribution is 6.05. The van der Waals surface area contributed by atoms with Gasteiger partial charge in [-0.2, -0.15) is 0 Å². The van der Waals surface area contributed by atoms with Crippen molar-refractivity contribution in [3.63, 3.8) is 0 Å². The number of hydrogen-bond acceptors (Lipinski definition) is 9. The average molecular weight is 659 g/mol. The summed E-state index contributed by atoms with van der Waals surface area (Å²) in [5, 5.41) is 36.4. The van der Waals surface area contributed by atoms with E-state index in [1.165, 1.54) is 26.4 Å². The molecule has 5 unspecified atom stereocenters. The highest BCUT2D eigenvalue weighted by Crippen LogP contribution is 2.53. The number of carbonyl (C=O) groups excluding carboxylic acids is 2. The summed E-state index contributed by atoms with van der Waals surface area (Å²) in [4.78, 5) is 33.3. The average Bonchev–Trinajstić information content (AvgIpc) is 3.60. The van der Waals surface area contributed by atoms with Crippen molar-refractivity contribution in [2.75, 3.05) is 33.0 Å². The van der Waals surface area contributed by atoms with Gasteiger partial charge in [-0.25, -0.2) is 4.98 Å². The van der Waals surface area contributed by atoms with Crippen molar-refractivity contribution in [2.45, 2.75) is 76.2 Å². The van der Waals surface area contributed by atoms with Crippen LogP contribution in [0.3, 0.4) is 0 Å². The molecule has 0 aliphatic heterocycles. The first kappa shape index (κ1) is 35.3. The van der Waals surface area contributed by atoms with E-state index >= 15 is 0 Å². The lowest BCUT2D eigenvalue weighted by molar-refractivity contribution is -0.138. The van der Waals surface area contributed by atoms with Gasteiger partial charge in [-0.1, -0.05) is 37.5 Å². The molecule has 0 bridgehead atoms. The van der Waals surface area contributed by atoms with Crippen molar-refractivity contribution in [1.82, 2.24) is 15.3 Å². The minimum atomic E-state index is -1.65. The fourth-order valence-electron chi connectivity index (χ4n) is 7.90. The lowest BCUT2D eigenvalue weighted by Crippen LogP contribution is -2.36. The van der Waals surface area contributed by atoms with Crippen molar-refractivity contribution in [3.05, 3.63) is 76.7 Å². The molecule has 2 aromatic heterocycles. The molecule has 2 aliphatic rings. The number of aliphatic hydroxyl groups excluding tert-OH is 2. The summed E-state index contributed by atoms with van der Waals surface area (Å²) in [5.74, 6) is 0.230. The minimum Gasteiger partial charge on any atom is -0.504 e. The lowest BCUT2D eigenvalue weighted by Gasteiger charge is -2.41. The molecule has 258 valence electrons. The number of aliphatic hydroxyl groups is 2. The molecule has 1 aromatic carbocycles. The second-order valence-corrected chi connectivity index (χ2v) is 13.6. The number of aromatic nitrogens is 2. The number of nitrogen functional groups attached to an aromatic ring is 1. The van der Waals surface area contributed by atoms with Gasteiger partial charge in [0.15, 0.2) is 29.2 Å². The van der Waals surface area contributed by atoms with Gasteiger partial charge in [0.1, 0.15) is 5.82 Å². The molecule has 3 aromatic rings. The van der Waals surface area contributed by atoms with Crippen LogP contribution in [-0.4, -0.2) is 70.3 Å². The SMILES string of the molecule is CNCC1CCCC(CCCC(=O)C(O)C(=O)CCc2cc(OC)c(O)c(C3c4ccnc(N)c4C=CC3(CO)Cc3ccc[nH]3)c2)C1. The maximum atomic E-state index is 13.0. The van der Waals surface area contributed by atoms with Gasteiger partial charge in [0.05, 0.1) is 13.7 Å². The number of pyridine rings is 1. The number of nitrogens with two attached hydrogens (primary N) is 1. The fraction of sp³-hybridized carbons (Fsp3) is 0.500. The van der Waals surface area contributed by atoms with Crippen LogP contribution in [0.5, 0.6) is 11.5 Å². The quantitative estimate of drug-likeness (QED) is 0.119. The zero-order valence-corrected chi connectivity index (χ0v) is 28.1. The number of H-pyrrole nitrogens is 1. The highest BCUT2D eigenvalue weighted by Gasteiger charge is 2.44. The summed E-state index contributed by atoms with van der Waals surface area (Å²) in [6.45, 7) is 0.787. The maximum Gasteiger partial charge on any atom is 0.170 e. The monoisotopic (exact) mass is 658 g/mol. The smallest absolute Gasteiger partial charge is 0.170 e. The predicted molar refractivity (Wildman–Crippen MR) is 186 cm³/mol. The Hall–Kier alpha value is -3.99.